The van der Waals surface area contributed by atoms with E-state index in [9.17, 15) is 9.59 Å². The van der Waals surface area contributed by atoms with E-state index in [1.807, 2.05) is 12.1 Å². The van der Waals surface area contributed by atoms with Gasteiger partial charge in [0.05, 0.1) is 0 Å². The molecule has 0 saturated heterocycles. The van der Waals surface area contributed by atoms with Crippen LogP contribution < -0.4 is 10.6 Å². The van der Waals surface area contributed by atoms with Gasteiger partial charge in [-0.3, -0.25) is 9.59 Å². The topological polar surface area (TPSA) is 58.2 Å². The van der Waals surface area contributed by atoms with Crippen molar-refractivity contribution in [2.75, 3.05) is 11.9 Å². The van der Waals surface area contributed by atoms with Crippen LogP contribution in [0.5, 0.6) is 0 Å². The molecule has 0 heterocycles. The Balaban J connectivity index is 1.73. The maximum absolute atomic E-state index is 12.4. The van der Waals surface area contributed by atoms with Crippen LogP contribution in [0.2, 0.25) is 0 Å². The van der Waals surface area contributed by atoms with Crippen LogP contribution in [0.15, 0.2) is 24.3 Å². The highest BCUT2D eigenvalue weighted by atomic mass is 16.2. The molecule has 0 radical (unpaired) electrons. The summed E-state index contributed by atoms with van der Waals surface area (Å²) in [4.78, 5) is 24.6. The lowest BCUT2D eigenvalue weighted by Crippen LogP contribution is -2.35. The molecule has 0 bridgehead atoms. The van der Waals surface area contributed by atoms with Crippen molar-refractivity contribution in [2.45, 2.75) is 65.2 Å². The summed E-state index contributed by atoms with van der Waals surface area (Å²) < 4.78 is 0. The van der Waals surface area contributed by atoms with Gasteiger partial charge in [-0.25, -0.2) is 0 Å². The Kier molecular flexibility index (Phi) is 7.96. The van der Waals surface area contributed by atoms with Gasteiger partial charge in [-0.05, 0) is 56.2 Å². The average molecular weight is 344 g/mol. The van der Waals surface area contributed by atoms with Gasteiger partial charge in [0.2, 0.25) is 11.8 Å². The van der Waals surface area contributed by atoms with E-state index < -0.39 is 0 Å². The van der Waals surface area contributed by atoms with Crippen LogP contribution in [0, 0.1) is 11.8 Å². The first-order chi connectivity index (χ1) is 12.1. The maximum Gasteiger partial charge on any atom is 0.227 e. The molecule has 4 heteroatoms. The molecule has 1 aromatic rings. The number of benzene rings is 1. The molecule has 138 valence electrons. The molecule has 2 amide bonds. The molecule has 0 atom stereocenters. The average Bonchev–Trinajstić information content (AvgIpc) is 2.66. The number of carbonyl (C=O) groups excluding carboxylic acids is 2. The van der Waals surface area contributed by atoms with Crippen molar-refractivity contribution in [3.05, 3.63) is 29.8 Å². The molecule has 0 spiro atoms. The van der Waals surface area contributed by atoms with Gasteiger partial charge in [-0.2, -0.15) is 0 Å². The fourth-order valence-electron chi connectivity index (χ4n) is 3.42. The van der Waals surface area contributed by atoms with Crippen molar-refractivity contribution in [2.24, 2.45) is 11.8 Å². The summed E-state index contributed by atoms with van der Waals surface area (Å²) in [6.07, 6.45) is 7.59. The first-order valence-corrected chi connectivity index (χ1v) is 9.81. The summed E-state index contributed by atoms with van der Waals surface area (Å²) in [6.45, 7) is 5.05. The Bertz CT molecular complexity index is 546. The molecule has 0 aromatic heterocycles. The first kappa shape index (κ1) is 19.5. The second kappa shape index (κ2) is 10.2. The molecule has 0 aliphatic heterocycles. The molecule has 2 N–H and O–H groups in total. The van der Waals surface area contributed by atoms with Gasteiger partial charge in [0.15, 0.2) is 0 Å². The number of unbranched alkanes of at least 4 members (excludes halogenated alkanes) is 2. The predicted molar refractivity (Wildman–Crippen MR) is 102 cm³/mol. The Hall–Kier alpha value is -1.84. The van der Waals surface area contributed by atoms with E-state index in [4.69, 9.17) is 0 Å². The Morgan fingerprint density at radius 1 is 0.920 bits per heavy atom. The molecule has 1 aliphatic rings. The van der Waals surface area contributed by atoms with Crippen LogP contribution in [0.4, 0.5) is 5.69 Å². The lowest BCUT2D eigenvalue weighted by atomic mass is 9.81. The third kappa shape index (κ3) is 6.18. The zero-order valence-electron chi connectivity index (χ0n) is 15.6. The quantitative estimate of drug-likeness (QED) is 0.691. The number of amides is 2. The largest absolute Gasteiger partial charge is 0.356 e. The van der Waals surface area contributed by atoms with Gasteiger partial charge in [-0.1, -0.05) is 38.8 Å². The number of rotatable bonds is 8. The van der Waals surface area contributed by atoms with Crippen molar-refractivity contribution >= 4 is 17.5 Å². The van der Waals surface area contributed by atoms with Crippen LogP contribution in [0.3, 0.4) is 0 Å². The van der Waals surface area contributed by atoms with Gasteiger partial charge in [0.1, 0.15) is 0 Å². The lowest BCUT2D eigenvalue weighted by Gasteiger charge is -2.27. The number of hydrogen-bond acceptors (Lipinski definition) is 2. The Morgan fingerprint density at radius 2 is 1.52 bits per heavy atom. The van der Waals surface area contributed by atoms with E-state index in [-0.39, 0.29) is 23.7 Å². The van der Waals surface area contributed by atoms with Crippen LogP contribution in [-0.2, 0) is 16.0 Å². The van der Waals surface area contributed by atoms with Crippen molar-refractivity contribution < 1.29 is 9.59 Å². The van der Waals surface area contributed by atoms with E-state index in [0.29, 0.717) is 0 Å². The molecule has 0 unspecified atom stereocenters. The minimum atomic E-state index is 0.0231. The smallest absolute Gasteiger partial charge is 0.227 e. The van der Waals surface area contributed by atoms with E-state index in [0.717, 1.165) is 63.6 Å². The number of carbonyl (C=O) groups is 2. The summed E-state index contributed by atoms with van der Waals surface area (Å²) in [7, 11) is 0. The molecular formula is C21H32N2O2. The van der Waals surface area contributed by atoms with Gasteiger partial charge in [0.25, 0.3) is 0 Å². The first-order valence-electron chi connectivity index (χ1n) is 9.81. The predicted octanol–water partition coefficient (Wildman–Crippen LogP) is 4.30. The third-order valence-corrected chi connectivity index (χ3v) is 5.18. The van der Waals surface area contributed by atoms with E-state index in [2.05, 4.69) is 36.6 Å². The summed E-state index contributed by atoms with van der Waals surface area (Å²) in [5.74, 6) is 0.362. The molecule has 1 fully saturated rings. The van der Waals surface area contributed by atoms with Crippen LogP contribution >= 0.6 is 0 Å². The summed E-state index contributed by atoms with van der Waals surface area (Å²) in [6, 6.07) is 8.03. The van der Waals surface area contributed by atoms with Crippen molar-refractivity contribution in [3.63, 3.8) is 0 Å². The highest BCUT2D eigenvalue weighted by Gasteiger charge is 2.29. The summed E-state index contributed by atoms with van der Waals surface area (Å²) >= 11 is 0. The van der Waals surface area contributed by atoms with Crippen molar-refractivity contribution in [1.29, 1.82) is 0 Å². The van der Waals surface area contributed by atoms with Crippen LogP contribution in [-0.4, -0.2) is 18.4 Å². The highest BCUT2D eigenvalue weighted by Crippen LogP contribution is 2.30. The Morgan fingerprint density at radius 3 is 2.08 bits per heavy atom. The van der Waals surface area contributed by atoms with E-state index >= 15 is 0 Å². The standard InChI is InChI=1S/C21H32N2O2/c1-3-5-6-15-22-20(24)17-9-11-18(12-10-17)21(25)23-19-13-7-16(4-2)8-14-19/h7-8,13-14,17-18H,3-6,9-12,15H2,1-2H3,(H,22,24)(H,23,25). The monoisotopic (exact) mass is 344 g/mol. The molecule has 4 nitrogen and oxygen atoms in total. The number of nitrogens with one attached hydrogen (secondary N) is 2. The molecule has 25 heavy (non-hydrogen) atoms. The van der Waals surface area contributed by atoms with E-state index in [1.54, 1.807) is 0 Å². The molecular weight excluding hydrogens is 312 g/mol. The normalized spacial score (nSPS) is 20.1. The van der Waals surface area contributed by atoms with Gasteiger partial charge < -0.3 is 10.6 Å². The Labute approximate surface area is 151 Å². The molecule has 1 aliphatic carbocycles. The van der Waals surface area contributed by atoms with Gasteiger partial charge in [0, 0.05) is 24.1 Å². The number of hydrogen-bond donors (Lipinski definition) is 2. The summed E-state index contributed by atoms with van der Waals surface area (Å²) in [5, 5.41) is 6.06. The zero-order valence-corrected chi connectivity index (χ0v) is 15.6. The summed E-state index contributed by atoms with van der Waals surface area (Å²) in [5.41, 5.74) is 2.13. The number of aryl methyl sites for hydroxylation is 1. The maximum atomic E-state index is 12.4. The molecule has 2 rings (SSSR count). The molecule has 1 aromatic carbocycles. The number of anilines is 1. The van der Waals surface area contributed by atoms with Gasteiger partial charge in [-0.15, -0.1) is 0 Å². The minimum absolute atomic E-state index is 0.0231. The van der Waals surface area contributed by atoms with Gasteiger partial charge >= 0.3 is 0 Å². The fraction of sp³-hybridized carbons (Fsp3) is 0.619. The van der Waals surface area contributed by atoms with Crippen LogP contribution in [0.1, 0.15) is 64.4 Å². The second-order valence-corrected chi connectivity index (χ2v) is 7.09. The van der Waals surface area contributed by atoms with Crippen LogP contribution in [0.25, 0.3) is 0 Å². The van der Waals surface area contributed by atoms with Crippen molar-refractivity contribution in [3.8, 4) is 0 Å². The fourth-order valence-corrected chi connectivity index (χ4v) is 3.42. The SMILES string of the molecule is CCCCCNC(=O)C1CCC(C(=O)Nc2ccc(CC)cc2)CC1. The van der Waals surface area contributed by atoms with E-state index in [1.165, 1.54) is 5.56 Å². The molecule has 1 saturated carbocycles. The second-order valence-electron chi connectivity index (χ2n) is 7.09. The third-order valence-electron chi connectivity index (χ3n) is 5.18. The highest BCUT2D eigenvalue weighted by molar-refractivity contribution is 5.92. The zero-order chi connectivity index (χ0) is 18.1. The minimum Gasteiger partial charge on any atom is -0.356 e. The lowest BCUT2D eigenvalue weighted by molar-refractivity contribution is -0.128. The van der Waals surface area contributed by atoms with Crippen molar-refractivity contribution in [1.82, 2.24) is 5.32 Å².